The minimum Gasteiger partial charge on any atom is -0.344 e. The number of amides is 1. The zero-order valence-electron chi connectivity index (χ0n) is 11.0. The first-order chi connectivity index (χ1) is 7.59. The van der Waals surface area contributed by atoms with Crippen molar-refractivity contribution < 1.29 is 4.79 Å². The van der Waals surface area contributed by atoms with Gasteiger partial charge in [0.2, 0.25) is 5.91 Å². The second-order valence-corrected chi connectivity index (χ2v) is 5.30. The Morgan fingerprint density at radius 3 is 2.62 bits per heavy atom. The Hall–Kier alpha value is -0.570. The Labute approximate surface area is 99.8 Å². The number of carbonyl (C=O) groups is 1. The summed E-state index contributed by atoms with van der Waals surface area (Å²) in [4.78, 5) is 15.8. The van der Waals surface area contributed by atoms with Crippen LogP contribution in [-0.2, 0) is 4.79 Å². The van der Waals surface area contributed by atoms with Crippen molar-refractivity contribution >= 4 is 5.91 Å². The number of likely N-dealkylation sites (N-methyl/N-ethyl adjacent to an activating group) is 1. The Kier molecular flexibility index (Phi) is 5.81. The lowest BCUT2D eigenvalue weighted by molar-refractivity contribution is -0.129. The van der Waals surface area contributed by atoms with Gasteiger partial charge in [-0.1, -0.05) is 26.7 Å². The third kappa shape index (κ3) is 4.97. The first-order valence-corrected chi connectivity index (χ1v) is 6.56. The molecule has 16 heavy (non-hydrogen) atoms. The van der Waals surface area contributed by atoms with Gasteiger partial charge in [-0.2, -0.15) is 0 Å². The average molecular weight is 226 g/mol. The predicted octanol–water partition coefficient (Wildman–Crippen LogP) is 1.98. The van der Waals surface area contributed by atoms with E-state index in [4.69, 9.17) is 0 Å². The zero-order valence-corrected chi connectivity index (χ0v) is 11.0. The van der Waals surface area contributed by atoms with E-state index in [-0.39, 0.29) is 0 Å². The van der Waals surface area contributed by atoms with Gasteiger partial charge in [0, 0.05) is 33.1 Å². The number of unbranched alkanes of at least 4 members (excludes halogenated alkanes) is 1. The SMILES string of the molecule is CC(C)CCCCN1CCC(=O)N(C)CC1. The van der Waals surface area contributed by atoms with Gasteiger partial charge in [-0.15, -0.1) is 0 Å². The lowest BCUT2D eigenvalue weighted by Gasteiger charge is -2.19. The maximum Gasteiger partial charge on any atom is 0.223 e. The van der Waals surface area contributed by atoms with E-state index in [1.54, 1.807) is 0 Å². The van der Waals surface area contributed by atoms with Gasteiger partial charge in [-0.05, 0) is 18.9 Å². The molecule has 1 rings (SSSR count). The number of hydrogen-bond acceptors (Lipinski definition) is 2. The molecular formula is C13H26N2O. The second kappa shape index (κ2) is 6.89. The van der Waals surface area contributed by atoms with E-state index in [1.165, 1.54) is 19.3 Å². The molecule has 0 radical (unpaired) electrons. The average Bonchev–Trinajstić information content (AvgIpc) is 2.39. The van der Waals surface area contributed by atoms with Crippen molar-refractivity contribution in [2.24, 2.45) is 5.92 Å². The molecule has 1 aliphatic heterocycles. The van der Waals surface area contributed by atoms with Crippen LogP contribution in [0.25, 0.3) is 0 Å². The fraction of sp³-hybridized carbons (Fsp3) is 0.923. The minimum atomic E-state index is 0.296. The minimum absolute atomic E-state index is 0.296. The summed E-state index contributed by atoms with van der Waals surface area (Å²) >= 11 is 0. The van der Waals surface area contributed by atoms with Gasteiger partial charge >= 0.3 is 0 Å². The summed E-state index contributed by atoms with van der Waals surface area (Å²) in [6.45, 7) is 8.60. The molecule has 0 saturated carbocycles. The van der Waals surface area contributed by atoms with Crippen LogP contribution in [-0.4, -0.2) is 48.9 Å². The summed E-state index contributed by atoms with van der Waals surface area (Å²) in [5.74, 6) is 1.11. The first kappa shape index (κ1) is 13.5. The molecule has 3 nitrogen and oxygen atoms in total. The lowest BCUT2D eigenvalue weighted by atomic mass is 10.1. The molecule has 1 saturated heterocycles. The summed E-state index contributed by atoms with van der Waals surface area (Å²) in [6.07, 6.45) is 4.61. The van der Waals surface area contributed by atoms with Crippen LogP contribution in [0, 0.1) is 5.92 Å². The van der Waals surface area contributed by atoms with Crippen LogP contribution < -0.4 is 0 Å². The smallest absolute Gasteiger partial charge is 0.223 e. The van der Waals surface area contributed by atoms with Crippen molar-refractivity contribution in [2.45, 2.75) is 39.5 Å². The Morgan fingerprint density at radius 1 is 1.19 bits per heavy atom. The molecule has 0 spiro atoms. The summed E-state index contributed by atoms with van der Waals surface area (Å²) < 4.78 is 0. The van der Waals surface area contributed by atoms with Crippen LogP contribution in [0.15, 0.2) is 0 Å². The van der Waals surface area contributed by atoms with Crippen molar-refractivity contribution in [3.63, 3.8) is 0 Å². The second-order valence-electron chi connectivity index (χ2n) is 5.30. The van der Waals surface area contributed by atoms with Crippen LogP contribution in [0.1, 0.15) is 39.5 Å². The van der Waals surface area contributed by atoms with Gasteiger partial charge < -0.3 is 9.80 Å². The van der Waals surface area contributed by atoms with E-state index < -0.39 is 0 Å². The molecular weight excluding hydrogens is 200 g/mol. The molecule has 0 aliphatic carbocycles. The number of rotatable bonds is 5. The fourth-order valence-electron chi connectivity index (χ4n) is 2.08. The van der Waals surface area contributed by atoms with E-state index in [2.05, 4.69) is 18.7 Å². The highest BCUT2D eigenvalue weighted by atomic mass is 16.2. The lowest BCUT2D eigenvalue weighted by Crippen LogP contribution is -2.30. The Morgan fingerprint density at radius 2 is 1.94 bits per heavy atom. The van der Waals surface area contributed by atoms with Crippen LogP contribution in [0.2, 0.25) is 0 Å². The molecule has 0 aromatic carbocycles. The highest BCUT2D eigenvalue weighted by molar-refractivity contribution is 5.76. The molecule has 94 valence electrons. The molecule has 0 unspecified atom stereocenters. The highest BCUT2D eigenvalue weighted by Crippen LogP contribution is 2.08. The third-order valence-electron chi connectivity index (χ3n) is 3.33. The van der Waals surface area contributed by atoms with Crippen LogP contribution in [0.5, 0.6) is 0 Å². The topological polar surface area (TPSA) is 23.6 Å². The van der Waals surface area contributed by atoms with Crippen molar-refractivity contribution in [3.05, 3.63) is 0 Å². The Bertz CT molecular complexity index is 216. The van der Waals surface area contributed by atoms with Crippen LogP contribution >= 0.6 is 0 Å². The van der Waals surface area contributed by atoms with E-state index in [0.29, 0.717) is 12.3 Å². The maximum absolute atomic E-state index is 11.5. The van der Waals surface area contributed by atoms with E-state index in [1.807, 2.05) is 11.9 Å². The third-order valence-corrected chi connectivity index (χ3v) is 3.33. The highest BCUT2D eigenvalue weighted by Gasteiger charge is 2.16. The molecule has 1 amide bonds. The fourth-order valence-corrected chi connectivity index (χ4v) is 2.08. The molecule has 0 N–H and O–H groups in total. The summed E-state index contributed by atoms with van der Waals surface area (Å²) in [6, 6.07) is 0. The van der Waals surface area contributed by atoms with Gasteiger partial charge in [0.15, 0.2) is 0 Å². The molecule has 0 aromatic heterocycles. The maximum atomic E-state index is 11.5. The molecule has 1 fully saturated rings. The molecule has 1 aliphatic rings. The largest absolute Gasteiger partial charge is 0.344 e. The zero-order chi connectivity index (χ0) is 12.0. The molecule has 3 heteroatoms. The van der Waals surface area contributed by atoms with Gasteiger partial charge in [-0.25, -0.2) is 0 Å². The van der Waals surface area contributed by atoms with Gasteiger partial charge in [0.25, 0.3) is 0 Å². The van der Waals surface area contributed by atoms with Crippen LogP contribution in [0.3, 0.4) is 0 Å². The van der Waals surface area contributed by atoms with Crippen molar-refractivity contribution in [1.82, 2.24) is 9.80 Å². The summed E-state index contributed by atoms with van der Waals surface area (Å²) in [5, 5.41) is 0. The van der Waals surface area contributed by atoms with Gasteiger partial charge in [-0.3, -0.25) is 4.79 Å². The standard InChI is InChI=1S/C13H26N2O/c1-12(2)6-4-5-8-15-9-7-13(16)14(3)10-11-15/h12H,4-11H2,1-3H3. The molecule has 1 heterocycles. The van der Waals surface area contributed by atoms with E-state index in [9.17, 15) is 4.79 Å². The van der Waals surface area contributed by atoms with E-state index in [0.717, 1.165) is 32.1 Å². The quantitative estimate of drug-likeness (QED) is 0.669. The summed E-state index contributed by atoms with van der Waals surface area (Å²) in [5.41, 5.74) is 0. The number of carbonyl (C=O) groups excluding carboxylic acids is 1. The molecule has 0 bridgehead atoms. The van der Waals surface area contributed by atoms with Crippen LogP contribution in [0.4, 0.5) is 0 Å². The monoisotopic (exact) mass is 226 g/mol. The normalized spacial score (nSPS) is 19.2. The molecule has 0 atom stereocenters. The number of hydrogen-bond donors (Lipinski definition) is 0. The first-order valence-electron chi connectivity index (χ1n) is 6.56. The van der Waals surface area contributed by atoms with Crippen molar-refractivity contribution in [3.8, 4) is 0 Å². The van der Waals surface area contributed by atoms with Gasteiger partial charge in [0.1, 0.15) is 0 Å². The molecule has 0 aromatic rings. The van der Waals surface area contributed by atoms with Crippen molar-refractivity contribution in [1.29, 1.82) is 0 Å². The van der Waals surface area contributed by atoms with E-state index >= 15 is 0 Å². The number of nitrogens with zero attached hydrogens (tertiary/aromatic N) is 2. The Balaban J connectivity index is 2.15. The van der Waals surface area contributed by atoms with Gasteiger partial charge in [0.05, 0.1) is 0 Å². The summed E-state index contributed by atoms with van der Waals surface area (Å²) in [7, 11) is 1.91. The predicted molar refractivity (Wildman–Crippen MR) is 67.4 cm³/mol. The van der Waals surface area contributed by atoms with Crippen molar-refractivity contribution in [2.75, 3.05) is 33.2 Å².